The molecule has 35 heavy (non-hydrogen) atoms. The second kappa shape index (κ2) is 10.7. The highest BCUT2D eigenvalue weighted by atomic mass is 35.5. The Morgan fingerprint density at radius 2 is 1.63 bits per heavy atom. The summed E-state index contributed by atoms with van der Waals surface area (Å²) in [5, 5.41) is 7.51. The van der Waals surface area contributed by atoms with E-state index in [9.17, 15) is 18.0 Å². The highest BCUT2D eigenvalue weighted by Crippen LogP contribution is 2.23. The van der Waals surface area contributed by atoms with Crippen LogP contribution in [0.5, 0.6) is 0 Å². The molecule has 0 aromatic heterocycles. The van der Waals surface area contributed by atoms with Crippen molar-refractivity contribution in [2.24, 2.45) is 0 Å². The summed E-state index contributed by atoms with van der Waals surface area (Å²) < 4.78 is 27.7. The summed E-state index contributed by atoms with van der Waals surface area (Å²) >= 11 is 6.04. The first kappa shape index (κ1) is 25.1. The quantitative estimate of drug-likeness (QED) is 0.493. The van der Waals surface area contributed by atoms with Crippen molar-refractivity contribution in [2.75, 3.05) is 44.6 Å². The Labute approximate surface area is 209 Å². The predicted molar refractivity (Wildman–Crippen MR) is 137 cm³/mol. The number of fused-ring (bicyclic) bond motifs is 1. The van der Waals surface area contributed by atoms with Crippen LogP contribution >= 0.6 is 11.6 Å². The number of benzene rings is 3. The average molecular weight is 515 g/mol. The Kier molecular flexibility index (Phi) is 7.71. The van der Waals surface area contributed by atoms with Crippen LogP contribution in [-0.2, 0) is 19.6 Å². The second-order valence-corrected chi connectivity index (χ2v) is 10.8. The van der Waals surface area contributed by atoms with Crippen LogP contribution in [0.2, 0.25) is 5.02 Å². The van der Waals surface area contributed by atoms with E-state index in [1.54, 1.807) is 30.3 Å². The molecule has 2 amide bonds. The zero-order valence-corrected chi connectivity index (χ0v) is 20.9. The van der Waals surface area contributed by atoms with E-state index < -0.39 is 21.8 Å². The van der Waals surface area contributed by atoms with Crippen LogP contribution in [-0.4, -0.2) is 68.7 Å². The van der Waals surface area contributed by atoms with Crippen molar-refractivity contribution in [3.63, 3.8) is 0 Å². The standard InChI is InChI=1S/C25H27ClN4O4S/c1-18-6-8-21(17-23(18)26)28-25(32)24(31)27-10-11-29-12-14-30(15-13-29)35(33,34)22-9-7-19-4-2-3-5-20(19)16-22/h2-9,16-17H,10-15H2,1H3,(H,27,31)(H,28,32). The molecule has 3 aromatic rings. The van der Waals surface area contributed by atoms with E-state index >= 15 is 0 Å². The number of piperazine rings is 1. The summed E-state index contributed by atoms with van der Waals surface area (Å²) in [6.45, 7) is 4.43. The Hall–Kier alpha value is -2.98. The third-order valence-electron chi connectivity index (χ3n) is 6.04. The minimum atomic E-state index is -3.58. The summed E-state index contributed by atoms with van der Waals surface area (Å²) in [6, 6.07) is 17.9. The van der Waals surface area contributed by atoms with Gasteiger partial charge in [-0.1, -0.05) is 48.0 Å². The summed E-state index contributed by atoms with van der Waals surface area (Å²) in [4.78, 5) is 26.6. The number of aryl methyl sites for hydroxylation is 1. The van der Waals surface area contributed by atoms with Crippen LogP contribution in [0.25, 0.3) is 10.8 Å². The fourth-order valence-corrected chi connectivity index (χ4v) is 5.58. The zero-order valence-electron chi connectivity index (χ0n) is 19.3. The van der Waals surface area contributed by atoms with Gasteiger partial charge in [-0.25, -0.2) is 8.42 Å². The first-order valence-electron chi connectivity index (χ1n) is 11.3. The van der Waals surface area contributed by atoms with Gasteiger partial charge in [0.2, 0.25) is 10.0 Å². The molecule has 2 N–H and O–H groups in total. The van der Waals surface area contributed by atoms with E-state index in [-0.39, 0.29) is 11.4 Å². The lowest BCUT2D eigenvalue weighted by Gasteiger charge is -2.34. The maximum atomic E-state index is 13.1. The molecule has 1 aliphatic heterocycles. The minimum absolute atomic E-state index is 0.276. The van der Waals surface area contributed by atoms with Crippen LogP contribution in [0.3, 0.4) is 0 Å². The molecule has 4 rings (SSSR count). The van der Waals surface area contributed by atoms with Crippen LogP contribution in [0, 0.1) is 6.92 Å². The first-order valence-corrected chi connectivity index (χ1v) is 13.1. The number of carbonyl (C=O) groups excluding carboxylic acids is 2. The molecule has 0 aliphatic carbocycles. The number of anilines is 1. The Morgan fingerprint density at radius 1 is 0.914 bits per heavy atom. The van der Waals surface area contributed by atoms with Gasteiger partial charge in [0, 0.05) is 50.0 Å². The Balaban J connectivity index is 1.24. The van der Waals surface area contributed by atoms with Crippen LogP contribution < -0.4 is 10.6 Å². The molecule has 0 saturated carbocycles. The number of nitrogens with one attached hydrogen (secondary N) is 2. The predicted octanol–water partition coefficient (Wildman–Crippen LogP) is 2.86. The minimum Gasteiger partial charge on any atom is -0.347 e. The molecule has 0 spiro atoms. The lowest BCUT2D eigenvalue weighted by molar-refractivity contribution is -0.136. The molecule has 0 bridgehead atoms. The topological polar surface area (TPSA) is 98.8 Å². The molecule has 0 unspecified atom stereocenters. The number of sulfonamides is 1. The zero-order chi connectivity index (χ0) is 25.0. The third kappa shape index (κ3) is 5.99. The SMILES string of the molecule is Cc1ccc(NC(=O)C(=O)NCCN2CCN(S(=O)(=O)c3ccc4ccccc4c3)CC2)cc1Cl. The van der Waals surface area contributed by atoms with Gasteiger partial charge in [0.1, 0.15) is 0 Å². The number of nitrogens with zero attached hydrogens (tertiary/aromatic N) is 2. The number of hydrogen-bond acceptors (Lipinski definition) is 5. The van der Waals surface area contributed by atoms with Crippen molar-refractivity contribution in [3.05, 3.63) is 71.2 Å². The molecule has 8 nitrogen and oxygen atoms in total. The van der Waals surface area contributed by atoms with Gasteiger partial charge >= 0.3 is 11.8 Å². The van der Waals surface area contributed by atoms with E-state index in [0.29, 0.717) is 43.4 Å². The molecule has 10 heteroatoms. The molecule has 3 aromatic carbocycles. The fraction of sp³-hybridized carbons (Fsp3) is 0.280. The lowest BCUT2D eigenvalue weighted by atomic mass is 10.1. The highest BCUT2D eigenvalue weighted by Gasteiger charge is 2.28. The van der Waals surface area contributed by atoms with Gasteiger partial charge in [0.25, 0.3) is 0 Å². The maximum Gasteiger partial charge on any atom is 0.313 e. The van der Waals surface area contributed by atoms with Crippen molar-refractivity contribution >= 4 is 49.9 Å². The molecule has 1 fully saturated rings. The lowest BCUT2D eigenvalue weighted by Crippen LogP contribution is -2.50. The van der Waals surface area contributed by atoms with E-state index in [2.05, 4.69) is 15.5 Å². The molecular formula is C25H27ClN4O4S. The summed E-state index contributed by atoms with van der Waals surface area (Å²) in [6.07, 6.45) is 0. The van der Waals surface area contributed by atoms with Crippen LogP contribution in [0.1, 0.15) is 5.56 Å². The highest BCUT2D eigenvalue weighted by molar-refractivity contribution is 7.89. The maximum absolute atomic E-state index is 13.1. The number of amides is 2. The molecule has 184 valence electrons. The molecule has 1 heterocycles. The molecule has 1 aliphatic rings. The molecular weight excluding hydrogens is 488 g/mol. The summed E-state index contributed by atoms with van der Waals surface area (Å²) in [5.74, 6) is -1.50. The first-order chi connectivity index (χ1) is 16.7. The van der Waals surface area contributed by atoms with Crippen molar-refractivity contribution in [2.45, 2.75) is 11.8 Å². The largest absolute Gasteiger partial charge is 0.347 e. The average Bonchev–Trinajstić information content (AvgIpc) is 2.86. The van der Waals surface area contributed by atoms with Crippen LogP contribution in [0.4, 0.5) is 5.69 Å². The normalized spacial score (nSPS) is 15.1. The molecule has 1 saturated heterocycles. The van der Waals surface area contributed by atoms with Crippen LogP contribution in [0.15, 0.2) is 65.6 Å². The Bertz CT molecular complexity index is 1350. The Morgan fingerprint density at radius 3 is 2.34 bits per heavy atom. The summed E-state index contributed by atoms with van der Waals surface area (Å²) in [7, 11) is -3.58. The van der Waals surface area contributed by atoms with Crippen molar-refractivity contribution in [1.82, 2.24) is 14.5 Å². The molecule has 0 radical (unpaired) electrons. The van der Waals surface area contributed by atoms with E-state index in [1.807, 2.05) is 37.3 Å². The van der Waals surface area contributed by atoms with Gasteiger partial charge in [0.05, 0.1) is 4.90 Å². The van der Waals surface area contributed by atoms with Gasteiger partial charge in [-0.2, -0.15) is 4.31 Å². The van der Waals surface area contributed by atoms with E-state index in [4.69, 9.17) is 11.6 Å². The van der Waals surface area contributed by atoms with E-state index in [0.717, 1.165) is 16.3 Å². The van der Waals surface area contributed by atoms with Crippen molar-refractivity contribution in [3.8, 4) is 0 Å². The van der Waals surface area contributed by atoms with Crippen molar-refractivity contribution < 1.29 is 18.0 Å². The van der Waals surface area contributed by atoms with Crippen molar-refractivity contribution in [1.29, 1.82) is 0 Å². The second-order valence-electron chi connectivity index (χ2n) is 8.43. The van der Waals surface area contributed by atoms with Gasteiger partial charge in [0.15, 0.2) is 0 Å². The monoisotopic (exact) mass is 514 g/mol. The van der Waals surface area contributed by atoms with Gasteiger partial charge in [-0.15, -0.1) is 0 Å². The number of rotatable bonds is 6. The number of halogens is 1. The number of hydrogen-bond donors (Lipinski definition) is 2. The molecule has 0 atom stereocenters. The van der Waals surface area contributed by atoms with Gasteiger partial charge in [-0.05, 0) is 47.5 Å². The summed E-state index contributed by atoms with van der Waals surface area (Å²) in [5.41, 5.74) is 1.32. The van der Waals surface area contributed by atoms with Gasteiger partial charge in [-0.3, -0.25) is 14.5 Å². The fourth-order valence-electron chi connectivity index (χ4n) is 3.94. The van der Waals surface area contributed by atoms with E-state index in [1.165, 1.54) is 4.31 Å². The third-order valence-corrected chi connectivity index (χ3v) is 8.34. The number of carbonyl (C=O) groups is 2. The smallest absolute Gasteiger partial charge is 0.313 e. The van der Waals surface area contributed by atoms with Gasteiger partial charge < -0.3 is 10.6 Å².